The highest BCUT2D eigenvalue weighted by molar-refractivity contribution is 9.10. The number of rotatable bonds is 2. The summed E-state index contributed by atoms with van der Waals surface area (Å²) in [6.45, 7) is 4.13. The molecule has 0 amide bonds. The van der Waals surface area contributed by atoms with Crippen LogP contribution in [0.3, 0.4) is 0 Å². The molecule has 3 rings (SSSR count). The van der Waals surface area contributed by atoms with E-state index in [2.05, 4.69) is 47.1 Å². The Morgan fingerprint density at radius 3 is 2.43 bits per heavy atom. The molecule has 0 spiro atoms. The monoisotopic (exact) mass is 342 g/mol. The molecule has 21 heavy (non-hydrogen) atoms. The van der Waals surface area contributed by atoms with E-state index in [1.165, 1.54) is 5.56 Å². The minimum absolute atomic E-state index is 0.410. The zero-order valence-corrected chi connectivity index (χ0v) is 13.4. The van der Waals surface area contributed by atoms with Gasteiger partial charge in [0, 0.05) is 10.0 Å². The van der Waals surface area contributed by atoms with E-state index >= 15 is 0 Å². The zero-order chi connectivity index (χ0) is 15.0. The van der Waals surface area contributed by atoms with Crippen LogP contribution >= 0.6 is 15.9 Å². The molecule has 2 aromatic carbocycles. The van der Waals surface area contributed by atoms with E-state index < -0.39 is 0 Å². The van der Waals surface area contributed by atoms with E-state index in [9.17, 15) is 0 Å². The summed E-state index contributed by atoms with van der Waals surface area (Å²) in [5.41, 5.74) is 11.2. The van der Waals surface area contributed by atoms with Gasteiger partial charge in [0.05, 0.1) is 5.56 Å². The summed E-state index contributed by atoms with van der Waals surface area (Å²) >= 11 is 3.44. The molecule has 0 aliphatic rings. The minimum atomic E-state index is 0.410. The third-order valence-electron chi connectivity index (χ3n) is 3.48. The predicted octanol–water partition coefficient (Wildman–Crippen LogP) is 4.97. The molecule has 0 saturated heterocycles. The van der Waals surface area contributed by atoms with Crippen LogP contribution in [0.15, 0.2) is 51.5 Å². The first kappa shape index (κ1) is 13.9. The molecule has 2 N–H and O–H groups in total. The Kier molecular flexibility index (Phi) is 3.55. The molecular formula is C17H15BrN2O. The third kappa shape index (κ3) is 2.59. The number of aryl methyl sites for hydroxylation is 2. The Hall–Kier alpha value is -2.07. The van der Waals surface area contributed by atoms with Crippen LogP contribution in [-0.4, -0.2) is 5.16 Å². The van der Waals surface area contributed by atoms with Crippen molar-refractivity contribution in [3.05, 3.63) is 58.1 Å². The predicted molar refractivity (Wildman–Crippen MR) is 89.0 cm³/mol. The van der Waals surface area contributed by atoms with Gasteiger partial charge in [0.15, 0.2) is 11.6 Å². The topological polar surface area (TPSA) is 52.0 Å². The Morgan fingerprint density at radius 1 is 1.05 bits per heavy atom. The number of halogens is 1. The average Bonchev–Trinajstić information content (AvgIpc) is 2.82. The van der Waals surface area contributed by atoms with Crippen molar-refractivity contribution in [3.8, 4) is 22.5 Å². The van der Waals surface area contributed by atoms with E-state index in [0.29, 0.717) is 11.6 Å². The van der Waals surface area contributed by atoms with Gasteiger partial charge < -0.3 is 10.3 Å². The summed E-state index contributed by atoms with van der Waals surface area (Å²) in [6, 6.07) is 14.2. The van der Waals surface area contributed by atoms with Crippen molar-refractivity contribution in [2.24, 2.45) is 0 Å². The molecule has 0 saturated carbocycles. The molecule has 4 heteroatoms. The molecule has 0 aliphatic heterocycles. The van der Waals surface area contributed by atoms with Crippen molar-refractivity contribution in [1.82, 2.24) is 5.16 Å². The molecule has 0 fully saturated rings. The van der Waals surface area contributed by atoms with Crippen LogP contribution in [0.4, 0.5) is 5.82 Å². The van der Waals surface area contributed by atoms with Crippen molar-refractivity contribution in [2.75, 3.05) is 5.73 Å². The van der Waals surface area contributed by atoms with Gasteiger partial charge in [-0.1, -0.05) is 57.0 Å². The lowest BCUT2D eigenvalue weighted by Crippen LogP contribution is -1.90. The summed E-state index contributed by atoms with van der Waals surface area (Å²) < 4.78 is 6.52. The normalized spacial score (nSPS) is 10.8. The van der Waals surface area contributed by atoms with Gasteiger partial charge in [-0.3, -0.25) is 0 Å². The van der Waals surface area contributed by atoms with Gasteiger partial charge in [0.25, 0.3) is 0 Å². The van der Waals surface area contributed by atoms with Gasteiger partial charge >= 0.3 is 0 Å². The van der Waals surface area contributed by atoms with Crippen LogP contribution in [0, 0.1) is 13.8 Å². The summed E-state index contributed by atoms with van der Waals surface area (Å²) in [6.07, 6.45) is 0. The Bertz CT molecular complexity index is 791. The molecule has 0 unspecified atom stereocenters. The largest absolute Gasteiger partial charge is 0.380 e. The maximum Gasteiger partial charge on any atom is 0.177 e. The Balaban J connectivity index is 2.19. The lowest BCUT2D eigenvalue weighted by atomic mass is 9.97. The van der Waals surface area contributed by atoms with E-state index in [1.54, 1.807) is 0 Å². The van der Waals surface area contributed by atoms with Crippen molar-refractivity contribution >= 4 is 21.7 Å². The first-order valence-corrected chi connectivity index (χ1v) is 7.44. The smallest absolute Gasteiger partial charge is 0.177 e. The summed E-state index contributed by atoms with van der Waals surface area (Å²) in [7, 11) is 0. The Labute approximate surface area is 131 Å². The number of aromatic nitrogens is 1. The number of hydrogen-bond acceptors (Lipinski definition) is 3. The molecule has 106 valence electrons. The van der Waals surface area contributed by atoms with Crippen LogP contribution in [0.2, 0.25) is 0 Å². The highest BCUT2D eigenvalue weighted by Gasteiger charge is 2.18. The number of benzene rings is 2. The zero-order valence-electron chi connectivity index (χ0n) is 11.9. The van der Waals surface area contributed by atoms with Crippen LogP contribution in [0.5, 0.6) is 0 Å². The highest BCUT2D eigenvalue weighted by Crippen LogP contribution is 2.38. The molecular weight excluding hydrogens is 328 g/mol. The summed E-state index contributed by atoms with van der Waals surface area (Å²) in [5, 5.41) is 3.95. The van der Waals surface area contributed by atoms with Crippen LogP contribution in [0.25, 0.3) is 22.5 Å². The van der Waals surface area contributed by atoms with E-state index in [-0.39, 0.29) is 0 Å². The van der Waals surface area contributed by atoms with Gasteiger partial charge in [0.1, 0.15) is 0 Å². The van der Waals surface area contributed by atoms with E-state index in [0.717, 1.165) is 26.7 Å². The lowest BCUT2D eigenvalue weighted by Gasteiger charge is -2.07. The molecule has 3 nitrogen and oxygen atoms in total. The first-order chi connectivity index (χ1) is 10.1. The number of nitrogens with two attached hydrogens (primary N) is 1. The van der Waals surface area contributed by atoms with Crippen molar-refractivity contribution in [3.63, 3.8) is 0 Å². The maximum absolute atomic E-state index is 6.01. The molecule has 0 bridgehead atoms. The van der Waals surface area contributed by atoms with Gasteiger partial charge in [-0.15, -0.1) is 0 Å². The maximum atomic E-state index is 6.01. The van der Waals surface area contributed by atoms with Crippen molar-refractivity contribution in [2.45, 2.75) is 13.8 Å². The lowest BCUT2D eigenvalue weighted by molar-refractivity contribution is 0.436. The van der Waals surface area contributed by atoms with Crippen molar-refractivity contribution in [1.29, 1.82) is 0 Å². The molecule has 1 heterocycles. The fourth-order valence-electron chi connectivity index (χ4n) is 2.45. The third-order valence-corrected chi connectivity index (χ3v) is 4.01. The number of nitrogens with zero attached hydrogens (tertiary/aromatic N) is 1. The average molecular weight is 343 g/mol. The second-order valence-corrected chi connectivity index (χ2v) is 6.01. The fourth-order valence-corrected chi connectivity index (χ4v) is 2.71. The standard InChI is InChI=1S/C17H15BrN2O/c1-10-3-8-14(11(2)9-10)16-15(17(19)20-21-16)12-4-6-13(18)7-5-12/h3-9H,1-2H3,(H2,19,20). The quantitative estimate of drug-likeness (QED) is 0.715. The SMILES string of the molecule is Cc1ccc(-c2onc(N)c2-c2ccc(Br)cc2)c(C)c1. The fraction of sp³-hybridized carbons (Fsp3) is 0.118. The van der Waals surface area contributed by atoms with Gasteiger partial charge in [0.2, 0.25) is 0 Å². The van der Waals surface area contributed by atoms with Gasteiger partial charge in [-0.05, 0) is 37.1 Å². The number of hydrogen-bond donors (Lipinski definition) is 1. The second-order valence-electron chi connectivity index (χ2n) is 5.10. The van der Waals surface area contributed by atoms with Crippen LogP contribution in [0.1, 0.15) is 11.1 Å². The Morgan fingerprint density at radius 2 is 1.76 bits per heavy atom. The number of nitrogen functional groups attached to an aromatic ring is 1. The molecule has 3 aromatic rings. The molecule has 0 aliphatic carbocycles. The molecule has 0 atom stereocenters. The van der Waals surface area contributed by atoms with Crippen molar-refractivity contribution < 1.29 is 4.52 Å². The highest BCUT2D eigenvalue weighted by atomic mass is 79.9. The minimum Gasteiger partial charge on any atom is -0.380 e. The second kappa shape index (κ2) is 5.37. The first-order valence-electron chi connectivity index (χ1n) is 6.65. The molecule has 0 radical (unpaired) electrons. The van der Waals surface area contributed by atoms with Crippen LogP contribution in [-0.2, 0) is 0 Å². The summed E-state index contributed by atoms with van der Waals surface area (Å²) in [4.78, 5) is 0. The number of anilines is 1. The van der Waals surface area contributed by atoms with E-state index in [4.69, 9.17) is 10.3 Å². The van der Waals surface area contributed by atoms with Gasteiger partial charge in [-0.2, -0.15) is 0 Å². The van der Waals surface area contributed by atoms with Crippen LogP contribution < -0.4 is 5.73 Å². The summed E-state index contributed by atoms with van der Waals surface area (Å²) in [5.74, 6) is 1.12. The van der Waals surface area contributed by atoms with Gasteiger partial charge in [-0.25, -0.2) is 0 Å². The molecule has 1 aromatic heterocycles. The van der Waals surface area contributed by atoms with E-state index in [1.807, 2.05) is 30.3 Å².